The van der Waals surface area contributed by atoms with E-state index in [1.807, 2.05) is 73.0 Å². The summed E-state index contributed by atoms with van der Waals surface area (Å²) in [6.45, 7) is 2.01. The van der Waals surface area contributed by atoms with E-state index in [1.165, 1.54) is 23.1 Å². The Balaban J connectivity index is 1.61. The Bertz CT molecular complexity index is 1010. The Labute approximate surface area is 165 Å². The van der Waals surface area contributed by atoms with Gasteiger partial charge < -0.3 is 0 Å². The number of thiazole rings is 1. The second-order valence-electron chi connectivity index (χ2n) is 5.79. The normalized spacial score (nSPS) is 15.9. The average molecular weight is 395 g/mol. The zero-order chi connectivity index (χ0) is 18.1. The molecule has 26 heavy (non-hydrogen) atoms. The van der Waals surface area contributed by atoms with E-state index in [0.29, 0.717) is 9.23 Å². The van der Waals surface area contributed by atoms with Crippen molar-refractivity contribution in [2.24, 2.45) is 0 Å². The van der Waals surface area contributed by atoms with Crippen LogP contribution < -0.4 is 4.90 Å². The van der Waals surface area contributed by atoms with Crippen LogP contribution in [0.4, 0.5) is 5.69 Å². The van der Waals surface area contributed by atoms with Crippen molar-refractivity contribution < 1.29 is 4.79 Å². The summed E-state index contributed by atoms with van der Waals surface area (Å²) >= 11 is 8.25. The lowest BCUT2D eigenvalue weighted by Gasteiger charge is -2.14. The van der Waals surface area contributed by atoms with Gasteiger partial charge in [-0.3, -0.25) is 9.69 Å². The lowest BCUT2D eigenvalue weighted by atomic mass is 10.2. The molecule has 4 rings (SSSR count). The molecule has 0 N–H and O–H groups in total. The molecular formula is C20H14N2OS3. The molecule has 0 saturated carbocycles. The third-order valence-corrected chi connectivity index (χ3v) is 6.03. The molecule has 128 valence electrons. The van der Waals surface area contributed by atoms with Gasteiger partial charge in [-0.2, -0.15) is 0 Å². The van der Waals surface area contributed by atoms with Gasteiger partial charge in [0, 0.05) is 10.9 Å². The molecule has 0 aliphatic carbocycles. The maximum atomic E-state index is 12.8. The number of thiocarbonyl (C=S) groups is 1. The molecule has 3 aromatic rings. The molecule has 2 aromatic carbocycles. The highest BCUT2D eigenvalue weighted by Gasteiger charge is 2.33. The van der Waals surface area contributed by atoms with Crippen molar-refractivity contribution in [1.29, 1.82) is 0 Å². The van der Waals surface area contributed by atoms with Crippen LogP contribution in [0, 0.1) is 6.92 Å². The van der Waals surface area contributed by atoms with E-state index in [2.05, 4.69) is 4.98 Å². The van der Waals surface area contributed by atoms with Crippen molar-refractivity contribution >= 4 is 57.3 Å². The van der Waals surface area contributed by atoms with Gasteiger partial charge in [0.1, 0.15) is 5.01 Å². The van der Waals surface area contributed by atoms with E-state index in [-0.39, 0.29) is 5.91 Å². The van der Waals surface area contributed by atoms with E-state index in [9.17, 15) is 4.79 Å². The highest BCUT2D eigenvalue weighted by Crippen LogP contribution is 2.36. The minimum absolute atomic E-state index is 0.0969. The Morgan fingerprint density at radius 2 is 1.81 bits per heavy atom. The summed E-state index contributed by atoms with van der Waals surface area (Å²) in [7, 11) is 0. The van der Waals surface area contributed by atoms with Gasteiger partial charge in [0.15, 0.2) is 4.32 Å². The Morgan fingerprint density at radius 3 is 2.54 bits per heavy atom. The smallest absolute Gasteiger partial charge is 0.268 e. The van der Waals surface area contributed by atoms with Crippen LogP contribution in [0.25, 0.3) is 17.3 Å². The topological polar surface area (TPSA) is 33.2 Å². The first-order chi connectivity index (χ1) is 12.6. The van der Waals surface area contributed by atoms with Crippen molar-refractivity contribution in [3.63, 3.8) is 0 Å². The Hall–Kier alpha value is -2.28. The van der Waals surface area contributed by atoms with Gasteiger partial charge in [0.05, 0.1) is 16.3 Å². The molecule has 1 saturated heterocycles. The first-order valence-corrected chi connectivity index (χ1v) is 10.1. The van der Waals surface area contributed by atoms with E-state index in [4.69, 9.17) is 12.2 Å². The van der Waals surface area contributed by atoms with Gasteiger partial charge in [-0.25, -0.2) is 4.98 Å². The quantitative estimate of drug-likeness (QED) is 0.432. The lowest BCUT2D eigenvalue weighted by molar-refractivity contribution is -0.113. The number of rotatable bonds is 3. The van der Waals surface area contributed by atoms with E-state index in [0.717, 1.165) is 27.5 Å². The molecule has 0 atom stereocenters. The largest absolute Gasteiger partial charge is 0.270 e. The van der Waals surface area contributed by atoms with Crippen molar-refractivity contribution in [2.75, 3.05) is 4.90 Å². The highest BCUT2D eigenvalue weighted by atomic mass is 32.2. The monoisotopic (exact) mass is 394 g/mol. The van der Waals surface area contributed by atoms with E-state index < -0.39 is 0 Å². The van der Waals surface area contributed by atoms with Crippen molar-refractivity contribution in [3.05, 3.63) is 75.5 Å². The summed E-state index contributed by atoms with van der Waals surface area (Å²) in [5, 5.41) is 2.80. The molecule has 0 bridgehead atoms. The fourth-order valence-electron chi connectivity index (χ4n) is 2.59. The predicted octanol–water partition coefficient (Wildman–Crippen LogP) is 5.52. The molecule has 0 radical (unpaired) electrons. The summed E-state index contributed by atoms with van der Waals surface area (Å²) in [5.41, 5.74) is 3.92. The highest BCUT2D eigenvalue weighted by molar-refractivity contribution is 8.27. The molecule has 1 aliphatic rings. The number of benzene rings is 2. The number of aryl methyl sites for hydroxylation is 1. The molecular weight excluding hydrogens is 380 g/mol. The van der Waals surface area contributed by atoms with Gasteiger partial charge in [0.25, 0.3) is 5.91 Å². The van der Waals surface area contributed by atoms with Crippen LogP contribution in [-0.2, 0) is 4.79 Å². The molecule has 3 nitrogen and oxygen atoms in total. The Morgan fingerprint density at radius 1 is 1.08 bits per heavy atom. The maximum absolute atomic E-state index is 12.8. The minimum atomic E-state index is -0.0969. The number of hydrogen-bond donors (Lipinski definition) is 0. The van der Waals surface area contributed by atoms with Gasteiger partial charge in [0.2, 0.25) is 0 Å². The number of amides is 1. The van der Waals surface area contributed by atoms with Crippen LogP contribution >= 0.6 is 35.3 Å². The SMILES string of the molecule is Cc1ccc(N2C(=O)/C(=C/c3nc(-c4ccccc4)cs3)SC2=S)cc1. The molecule has 1 amide bonds. The van der Waals surface area contributed by atoms with Crippen LogP contribution in [0.5, 0.6) is 0 Å². The third kappa shape index (κ3) is 3.35. The number of carbonyl (C=O) groups is 1. The molecule has 1 aromatic heterocycles. The van der Waals surface area contributed by atoms with Crippen molar-refractivity contribution in [2.45, 2.75) is 6.92 Å². The van der Waals surface area contributed by atoms with Crippen LogP contribution in [0.3, 0.4) is 0 Å². The van der Waals surface area contributed by atoms with E-state index >= 15 is 0 Å². The summed E-state index contributed by atoms with van der Waals surface area (Å²) in [6.07, 6.45) is 1.82. The Kier molecular flexibility index (Phi) is 4.72. The predicted molar refractivity (Wildman–Crippen MR) is 114 cm³/mol. The summed E-state index contributed by atoms with van der Waals surface area (Å²) in [4.78, 5) is 19.6. The molecule has 1 fully saturated rings. The number of nitrogens with zero attached hydrogens (tertiary/aromatic N) is 2. The van der Waals surface area contributed by atoms with Crippen LogP contribution in [0.2, 0.25) is 0 Å². The van der Waals surface area contributed by atoms with Crippen LogP contribution in [-0.4, -0.2) is 15.2 Å². The van der Waals surface area contributed by atoms with E-state index in [1.54, 1.807) is 4.90 Å². The molecule has 6 heteroatoms. The van der Waals surface area contributed by atoms with Crippen LogP contribution in [0.1, 0.15) is 10.6 Å². The standard InChI is InChI=1S/C20H14N2OS3/c1-13-7-9-15(10-8-13)22-19(23)17(26-20(22)24)11-18-21-16(12-25-18)14-5-3-2-4-6-14/h2-12H,1H3/b17-11-. The first-order valence-electron chi connectivity index (χ1n) is 7.97. The number of carbonyl (C=O) groups excluding carboxylic acids is 1. The number of aromatic nitrogens is 1. The van der Waals surface area contributed by atoms with Gasteiger partial charge in [-0.15, -0.1) is 11.3 Å². The first kappa shape index (κ1) is 17.1. The molecule has 0 spiro atoms. The zero-order valence-corrected chi connectivity index (χ0v) is 16.3. The van der Waals surface area contributed by atoms with Crippen molar-refractivity contribution in [1.82, 2.24) is 4.98 Å². The molecule has 1 aliphatic heterocycles. The molecule has 0 unspecified atom stereocenters. The third-order valence-electron chi connectivity index (χ3n) is 3.93. The summed E-state index contributed by atoms with van der Waals surface area (Å²) in [5.74, 6) is -0.0969. The number of hydrogen-bond acceptors (Lipinski definition) is 5. The fourth-order valence-corrected chi connectivity index (χ4v) is 4.70. The van der Waals surface area contributed by atoms with Crippen LogP contribution in [0.15, 0.2) is 64.9 Å². The number of thioether (sulfide) groups is 1. The fraction of sp³-hybridized carbons (Fsp3) is 0.0500. The zero-order valence-electron chi connectivity index (χ0n) is 13.9. The second-order valence-corrected chi connectivity index (χ2v) is 8.36. The average Bonchev–Trinajstić information content (AvgIpc) is 3.22. The van der Waals surface area contributed by atoms with Gasteiger partial charge in [-0.1, -0.05) is 72.0 Å². The minimum Gasteiger partial charge on any atom is -0.268 e. The summed E-state index contributed by atoms with van der Waals surface area (Å²) < 4.78 is 0.546. The maximum Gasteiger partial charge on any atom is 0.270 e. The second kappa shape index (κ2) is 7.15. The van der Waals surface area contributed by atoms with Gasteiger partial charge in [-0.05, 0) is 25.1 Å². The van der Waals surface area contributed by atoms with Gasteiger partial charge >= 0.3 is 0 Å². The summed E-state index contributed by atoms with van der Waals surface area (Å²) in [6, 6.07) is 17.8. The molecule has 2 heterocycles. The lowest BCUT2D eigenvalue weighted by Crippen LogP contribution is -2.27. The number of anilines is 1. The van der Waals surface area contributed by atoms with Crippen molar-refractivity contribution in [3.8, 4) is 11.3 Å².